The Balaban J connectivity index is 2.09. The molecule has 0 fully saturated rings. The first-order valence-electron chi connectivity index (χ1n) is 9.77. The van der Waals surface area contributed by atoms with Crippen molar-refractivity contribution in [1.82, 2.24) is 4.90 Å². The summed E-state index contributed by atoms with van der Waals surface area (Å²) in [5.74, 6) is -0.157. The van der Waals surface area contributed by atoms with Gasteiger partial charge in [0, 0.05) is 32.3 Å². The summed E-state index contributed by atoms with van der Waals surface area (Å²) >= 11 is 6.04. The number of hydrogen-bond acceptors (Lipinski definition) is 6. The van der Waals surface area contributed by atoms with Gasteiger partial charge in [0.25, 0.3) is 11.8 Å². The van der Waals surface area contributed by atoms with E-state index in [1.807, 2.05) is 4.90 Å². The molecule has 0 aromatic heterocycles. The molecule has 0 atom stereocenters. The number of imide groups is 1. The SMILES string of the molecule is COCCN(CCOC)C1=C(c2ccc(Cl)cc2)C(=O)N(c2ccc(OC)cc2)C1=O. The molecule has 0 saturated carbocycles. The number of amides is 2. The second-order valence-electron chi connectivity index (χ2n) is 6.85. The van der Waals surface area contributed by atoms with Crippen LogP contribution in [0, 0.1) is 0 Å². The van der Waals surface area contributed by atoms with E-state index in [4.69, 9.17) is 25.8 Å². The molecule has 0 spiro atoms. The lowest BCUT2D eigenvalue weighted by Crippen LogP contribution is -2.37. The van der Waals surface area contributed by atoms with Crippen LogP contribution in [0.2, 0.25) is 5.02 Å². The molecule has 1 heterocycles. The molecule has 2 aromatic rings. The zero-order chi connectivity index (χ0) is 22.4. The summed E-state index contributed by atoms with van der Waals surface area (Å²) in [7, 11) is 4.74. The number of nitrogens with zero attached hydrogens (tertiary/aromatic N) is 2. The zero-order valence-electron chi connectivity index (χ0n) is 17.8. The van der Waals surface area contributed by atoms with Crippen LogP contribution in [0.15, 0.2) is 54.2 Å². The topological polar surface area (TPSA) is 68.3 Å². The van der Waals surface area contributed by atoms with Crippen LogP contribution >= 0.6 is 11.6 Å². The first kappa shape index (κ1) is 22.8. The Morgan fingerprint density at radius 1 is 0.839 bits per heavy atom. The molecule has 1 aliphatic heterocycles. The molecule has 0 N–H and O–H groups in total. The molecule has 0 bridgehead atoms. The Morgan fingerprint density at radius 3 is 1.94 bits per heavy atom. The van der Waals surface area contributed by atoms with Crippen molar-refractivity contribution in [2.24, 2.45) is 0 Å². The van der Waals surface area contributed by atoms with E-state index in [0.717, 1.165) is 0 Å². The normalized spacial score (nSPS) is 13.9. The first-order valence-corrected chi connectivity index (χ1v) is 10.2. The van der Waals surface area contributed by atoms with E-state index >= 15 is 0 Å². The number of rotatable bonds is 10. The van der Waals surface area contributed by atoms with Crippen molar-refractivity contribution in [3.8, 4) is 5.75 Å². The Kier molecular flexibility index (Phi) is 7.68. The van der Waals surface area contributed by atoms with Crippen LogP contribution in [0.1, 0.15) is 5.56 Å². The molecule has 31 heavy (non-hydrogen) atoms. The molecule has 0 saturated heterocycles. The zero-order valence-corrected chi connectivity index (χ0v) is 18.5. The number of carbonyl (C=O) groups excluding carboxylic acids is 2. The highest BCUT2D eigenvalue weighted by Crippen LogP contribution is 2.35. The van der Waals surface area contributed by atoms with Gasteiger partial charge in [0.2, 0.25) is 0 Å². The first-order chi connectivity index (χ1) is 15.0. The van der Waals surface area contributed by atoms with Crippen LogP contribution in [-0.4, -0.2) is 64.3 Å². The molecular weight excluding hydrogens is 420 g/mol. The van der Waals surface area contributed by atoms with Crippen LogP contribution in [-0.2, 0) is 19.1 Å². The smallest absolute Gasteiger partial charge is 0.282 e. The molecule has 2 amide bonds. The van der Waals surface area contributed by atoms with E-state index in [9.17, 15) is 9.59 Å². The molecule has 7 nitrogen and oxygen atoms in total. The third-order valence-corrected chi connectivity index (χ3v) is 5.22. The van der Waals surface area contributed by atoms with Crippen molar-refractivity contribution in [3.05, 3.63) is 64.8 Å². The van der Waals surface area contributed by atoms with E-state index in [0.29, 0.717) is 59.6 Å². The van der Waals surface area contributed by atoms with Gasteiger partial charge in [-0.3, -0.25) is 9.59 Å². The van der Waals surface area contributed by atoms with Gasteiger partial charge < -0.3 is 19.1 Å². The third kappa shape index (κ3) is 4.90. The minimum absolute atomic E-state index is 0.317. The van der Waals surface area contributed by atoms with Crippen LogP contribution in [0.5, 0.6) is 5.75 Å². The fraction of sp³-hybridized carbons (Fsp3) is 0.304. The molecule has 0 aliphatic carbocycles. The number of anilines is 1. The Morgan fingerprint density at radius 2 is 1.42 bits per heavy atom. The lowest BCUT2D eigenvalue weighted by Gasteiger charge is -2.25. The van der Waals surface area contributed by atoms with Crippen molar-refractivity contribution in [1.29, 1.82) is 0 Å². The van der Waals surface area contributed by atoms with Crippen LogP contribution in [0.4, 0.5) is 5.69 Å². The molecule has 164 valence electrons. The van der Waals surface area contributed by atoms with Gasteiger partial charge >= 0.3 is 0 Å². The monoisotopic (exact) mass is 444 g/mol. The number of hydrogen-bond donors (Lipinski definition) is 0. The van der Waals surface area contributed by atoms with E-state index < -0.39 is 11.8 Å². The second kappa shape index (κ2) is 10.4. The van der Waals surface area contributed by atoms with E-state index in [-0.39, 0.29) is 0 Å². The largest absolute Gasteiger partial charge is 0.497 e. The van der Waals surface area contributed by atoms with Gasteiger partial charge in [0.1, 0.15) is 11.4 Å². The summed E-state index contributed by atoms with van der Waals surface area (Å²) in [6, 6.07) is 13.7. The second-order valence-corrected chi connectivity index (χ2v) is 7.28. The van der Waals surface area contributed by atoms with Gasteiger partial charge in [0.15, 0.2) is 0 Å². The highest BCUT2D eigenvalue weighted by Gasteiger charge is 2.42. The molecule has 2 aromatic carbocycles. The average molecular weight is 445 g/mol. The van der Waals surface area contributed by atoms with Gasteiger partial charge in [-0.1, -0.05) is 23.7 Å². The number of carbonyl (C=O) groups is 2. The lowest BCUT2D eigenvalue weighted by molar-refractivity contribution is -0.120. The minimum Gasteiger partial charge on any atom is -0.497 e. The van der Waals surface area contributed by atoms with Crippen LogP contribution < -0.4 is 9.64 Å². The summed E-state index contributed by atoms with van der Waals surface area (Å²) in [4.78, 5) is 30.1. The maximum absolute atomic E-state index is 13.6. The number of methoxy groups -OCH3 is 3. The van der Waals surface area contributed by atoms with Gasteiger partial charge in [-0.05, 0) is 42.0 Å². The fourth-order valence-corrected chi connectivity index (χ4v) is 3.52. The van der Waals surface area contributed by atoms with Crippen molar-refractivity contribution >= 4 is 34.7 Å². The van der Waals surface area contributed by atoms with Crippen molar-refractivity contribution in [2.75, 3.05) is 52.5 Å². The quantitative estimate of drug-likeness (QED) is 0.524. The van der Waals surface area contributed by atoms with Crippen LogP contribution in [0.25, 0.3) is 5.57 Å². The van der Waals surface area contributed by atoms with Gasteiger partial charge in [-0.25, -0.2) is 4.90 Å². The lowest BCUT2D eigenvalue weighted by atomic mass is 10.0. The van der Waals surface area contributed by atoms with Gasteiger partial charge in [0.05, 0.1) is 31.6 Å². The molecule has 8 heteroatoms. The number of halogens is 1. The Hall–Kier alpha value is -2.87. The van der Waals surface area contributed by atoms with E-state index in [2.05, 4.69) is 0 Å². The van der Waals surface area contributed by atoms with Crippen molar-refractivity contribution in [3.63, 3.8) is 0 Å². The Bertz CT molecular complexity index is 949. The molecule has 0 radical (unpaired) electrons. The summed E-state index contributed by atoms with van der Waals surface area (Å²) in [5, 5.41) is 0.547. The maximum Gasteiger partial charge on any atom is 0.282 e. The minimum atomic E-state index is -0.396. The molecule has 0 unspecified atom stereocenters. The van der Waals surface area contributed by atoms with Gasteiger partial charge in [-0.2, -0.15) is 0 Å². The van der Waals surface area contributed by atoms with Gasteiger partial charge in [-0.15, -0.1) is 0 Å². The van der Waals surface area contributed by atoms with Crippen molar-refractivity contribution < 1.29 is 23.8 Å². The predicted molar refractivity (Wildman–Crippen MR) is 119 cm³/mol. The maximum atomic E-state index is 13.6. The van der Waals surface area contributed by atoms with E-state index in [1.165, 1.54) is 4.90 Å². The number of benzene rings is 2. The summed E-state index contributed by atoms with van der Waals surface area (Å²) in [6.45, 7) is 1.65. The number of ether oxygens (including phenoxy) is 3. The molecular formula is C23H25ClN2O5. The average Bonchev–Trinajstić information content (AvgIpc) is 3.04. The highest BCUT2D eigenvalue weighted by molar-refractivity contribution is 6.45. The third-order valence-electron chi connectivity index (χ3n) is 4.97. The summed E-state index contributed by atoms with van der Waals surface area (Å²) in [5.41, 5.74) is 1.73. The standard InChI is InChI=1S/C23H25ClN2O5/c1-29-14-12-25(13-15-30-2)21-20(16-4-6-17(24)7-5-16)22(27)26(23(21)28)18-8-10-19(31-3)11-9-18/h4-11H,12-15H2,1-3H3. The Labute approximate surface area is 186 Å². The fourth-order valence-electron chi connectivity index (χ4n) is 3.39. The van der Waals surface area contributed by atoms with Crippen LogP contribution in [0.3, 0.4) is 0 Å². The molecule has 1 aliphatic rings. The summed E-state index contributed by atoms with van der Waals surface area (Å²) < 4.78 is 15.6. The summed E-state index contributed by atoms with van der Waals surface area (Å²) in [6.07, 6.45) is 0. The van der Waals surface area contributed by atoms with Crippen molar-refractivity contribution in [2.45, 2.75) is 0 Å². The predicted octanol–water partition coefficient (Wildman–Crippen LogP) is 3.23. The molecule has 3 rings (SSSR count). The highest BCUT2D eigenvalue weighted by atomic mass is 35.5. The van der Waals surface area contributed by atoms with E-state index in [1.54, 1.807) is 69.9 Å².